The monoisotopic (exact) mass is 336 g/mol. The molecule has 0 radical (unpaired) electrons. The van der Waals surface area contributed by atoms with E-state index in [9.17, 15) is 4.79 Å². The number of ketones is 1. The Hall–Kier alpha value is -2.46. The van der Waals surface area contributed by atoms with Gasteiger partial charge in [-0.05, 0) is 26.0 Å². The Bertz CT molecular complexity index is 809. The minimum absolute atomic E-state index is 0.111. The van der Waals surface area contributed by atoms with Crippen molar-refractivity contribution in [3.05, 3.63) is 71.2 Å². The van der Waals surface area contributed by atoms with Gasteiger partial charge in [-0.2, -0.15) is 0 Å². The number of nitrogens with zero attached hydrogens (tertiary/aromatic N) is 1. The molecule has 0 fully saturated rings. The first-order valence-electron chi connectivity index (χ1n) is 7.95. The number of aryl methyl sites for hydroxylation is 1. The van der Waals surface area contributed by atoms with Crippen LogP contribution in [0.4, 0.5) is 5.69 Å². The molecule has 3 rings (SSSR count). The third kappa shape index (κ3) is 4.09. The van der Waals surface area contributed by atoms with Crippen LogP contribution in [-0.2, 0) is 4.79 Å². The van der Waals surface area contributed by atoms with Crippen molar-refractivity contribution in [2.45, 2.75) is 26.3 Å². The number of carbonyl (C=O) groups is 1. The molecule has 1 N–H and O–H groups in total. The maximum Gasteiger partial charge on any atom is 0.132 e. The van der Waals surface area contributed by atoms with Crippen molar-refractivity contribution >= 4 is 22.8 Å². The van der Waals surface area contributed by atoms with Crippen LogP contribution in [0.2, 0.25) is 0 Å². The van der Waals surface area contributed by atoms with E-state index in [0.29, 0.717) is 6.42 Å². The number of anilines is 1. The predicted octanol–water partition coefficient (Wildman–Crippen LogP) is 5.25. The standard InChI is InChI=1S/C20H20N2OS/c1-14-8-10-16(11-9-14)20-22-19(13-24-20)18(12-15(2)23)21-17-6-4-3-5-7-17/h3-11,13,18,21H,12H2,1-2H3. The van der Waals surface area contributed by atoms with Crippen LogP contribution in [0.1, 0.15) is 30.6 Å². The highest BCUT2D eigenvalue weighted by atomic mass is 32.1. The van der Waals surface area contributed by atoms with Crippen molar-refractivity contribution in [3.8, 4) is 10.6 Å². The van der Waals surface area contributed by atoms with Crippen LogP contribution in [-0.4, -0.2) is 10.8 Å². The van der Waals surface area contributed by atoms with Gasteiger partial charge in [0.2, 0.25) is 0 Å². The van der Waals surface area contributed by atoms with E-state index in [4.69, 9.17) is 4.98 Å². The fourth-order valence-corrected chi connectivity index (χ4v) is 3.41. The minimum atomic E-state index is -0.111. The smallest absolute Gasteiger partial charge is 0.132 e. The summed E-state index contributed by atoms with van der Waals surface area (Å²) in [7, 11) is 0. The lowest BCUT2D eigenvalue weighted by Crippen LogP contribution is -2.14. The lowest BCUT2D eigenvalue weighted by atomic mass is 10.1. The largest absolute Gasteiger partial charge is 0.376 e. The Balaban J connectivity index is 1.85. The lowest BCUT2D eigenvalue weighted by Gasteiger charge is -2.16. The summed E-state index contributed by atoms with van der Waals surface area (Å²) in [6.45, 7) is 3.69. The molecule has 1 aromatic heterocycles. The molecule has 0 spiro atoms. The summed E-state index contributed by atoms with van der Waals surface area (Å²) in [5.74, 6) is 0.147. The molecular formula is C20H20N2OS. The molecule has 0 aliphatic carbocycles. The quantitative estimate of drug-likeness (QED) is 0.668. The molecule has 4 heteroatoms. The SMILES string of the molecule is CC(=O)CC(Nc1ccccc1)c1csc(-c2ccc(C)cc2)n1. The lowest BCUT2D eigenvalue weighted by molar-refractivity contribution is -0.117. The number of nitrogens with one attached hydrogen (secondary N) is 1. The molecule has 0 bridgehead atoms. The fraction of sp³-hybridized carbons (Fsp3) is 0.200. The van der Waals surface area contributed by atoms with Crippen molar-refractivity contribution in [2.75, 3.05) is 5.32 Å². The number of hydrogen-bond acceptors (Lipinski definition) is 4. The van der Waals surface area contributed by atoms with Crippen molar-refractivity contribution in [1.29, 1.82) is 0 Å². The van der Waals surface area contributed by atoms with Crippen LogP contribution < -0.4 is 5.32 Å². The topological polar surface area (TPSA) is 42.0 Å². The van der Waals surface area contributed by atoms with Gasteiger partial charge in [-0.15, -0.1) is 11.3 Å². The van der Waals surface area contributed by atoms with E-state index in [-0.39, 0.29) is 11.8 Å². The second-order valence-electron chi connectivity index (χ2n) is 5.91. The molecule has 0 aliphatic rings. The van der Waals surface area contributed by atoms with E-state index >= 15 is 0 Å². The average Bonchev–Trinajstić information content (AvgIpc) is 3.05. The van der Waals surface area contributed by atoms with Crippen LogP contribution in [0.5, 0.6) is 0 Å². The Morgan fingerprint density at radius 1 is 1.12 bits per heavy atom. The molecule has 3 aromatic rings. The summed E-state index contributed by atoms with van der Waals surface area (Å²) >= 11 is 1.61. The summed E-state index contributed by atoms with van der Waals surface area (Å²) in [6.07, 6.45) is 0.423. The number of thiazole rings is 1. The third-order valence-electron chi connectivity index (χ3n) is 3.78. The molecule has 122 valence electrons. The predicted molar refractivity (Wildman–Crippen MR) is 100 cm³/mol. The van der Waals surface area contributed by atoms with Crippen LogP contribution in [0.15, 0.2) is 60.0 Å². The molecule has 0 saturated heterocycles. The number of rotatable bonds is 6. The highest BCUT2D eigenvalue weighted by Gasteiger charge is 2.17. The summed E-state index contributed by atoms with van der Waals surface area (Å²) in [5.41, 5.74) is 4.25. The van der Waals surface area contributed by atoms with Crippen LogP contribution in [0.25, 0.3) is 10.6 Å². The number of benzene rings is 2. The second-order valence-corrected chi connectivity index (χ2v) is 6.77. The number of para-hydroxylation sites is 1. The maximum absolute atomic E-state index is 11.7. The zero-order valence-corrected chi connectivity index (χ0v) is 14.6. The number of carbonyl (C=O) groups excluding carboxylic acids is 1. The molecule has 1 unspecified atom stereocenters. The van der Waals surface area contributed by atoms with Crippen LogP contribution in [0, 0.1) is 6.92 Å². The van der Waals surface area contributed by atoms with Gasteiger partial charge in [-0.3, -0.25) is 4.79 Å². The van der Waals surface area contributed by atoms with Crippen LogP contribution in [0.3, 0.4) is 0 Å². The minimum Gasteiger partial charge on any atom is -0.376 e. The van der Waals surface area contributed by atoms with E-state index in [0.717, 1.165) is 22.0 Å². The summed E-state index contributed by atoms with van der Waals surface area (Å²) in [6, 6.07) is 18.2. The Morgan fingerprint density at radius 2 is 1.83 bits per heavy atom. The first-order valence-corrected chi connectivity index (χ1v) is 8.83. The van der Waals surface area contributed by atoms with Gasteiger partial charge in [0.15, 0.2) is 0 Å². The third-order valence-corrected chi connectivity index (χ3v) is 4.69. The summed E-state index contributed by atoms with van der Waals surface area (Å²) < 4.78 is 0. The Labute approximate surface area is 146 Å². The van der Waals surface area contributed by atoms with Crippen molar-refractivity contribution in [1.82, 2.24) is 4.98 Å². The van der Waals surface area contributed by atoms with Gasteiger partial charge in [0.1, 0.15) is 10.8 Å². The molecular weight excluding hydrogens is 316 g/mol. The molecule has 24 heavy (non-hydrogen) atoms. The van der Waals surface area contributed by atoms with Gasteiger partial charge in [0.05, 0.1) is 11.7 Å². The molecule has 2 aromatic carbocycles. The van der Waals surface area contributed by atoms with Crippen molar-refractivity contribution < 1.29 is 4.79 Å². The van der Waals surface area contributed by atoms with E-state index in [2.05, 4.69) is 36.5 Å². The molecule has 0 amide bonds. The molecule has 0 saturated carbocycles. The molecule has 1 atom stereocenters. The van der Waals surface area contributed by atoms with E-state index in [1.165, 1.54) is 5.56 Å². The number of hydrogen-bond donors (Lipinski definition) is 1. The first kappa shape index (κ1) is 16.4. The maximum atomic E-state index is 11.7. The van der Waals surface area contributed by atoms with Gasteiger partial charge in [-0.1, -0.05) is 48.0 Å². The summed E-state index contributed by atoms with van der Waals surface area (Å²) in [4.78, 5) is 16.4. The van der Waals surface area contributed by atoms with Gasteiger partial charge >= 0.3 is 0 Å². The Morgan fingerprint density at radius 3 is 2.50 bits per heavy atom. The Kier molecular flexibility index (Phi) is 5.06. The number of aromatic nitrogens is 1. The zero-order valence-electron chi connectivity index (χ0n) is 13.8. The summed E-state index contributed by atoms with van der Waals surface area (Å²) in [5, 5.41) is 6.44. The molecule has 1 heterocycles. The zero-order chi connectivity index (χ0) is 16.9. The van der Waals surface area contributed by atoms with Gasteiger partial charge in [0.25, 0.3) is 0 Å². The fourth-order valence-electron chi connectivity index (χ4n) is 2.53. The molecule has 3 nitrogen and oxygen atoms in total. The van der Waals surface area contributed by atoms with E-state index < -0.39 is 0 Å². The van der Waals surface area contributed by atoms with Crippen LogP contribution >= 0.6 is 11.3 Å². The van der Waals surface area contributed by atoms with Crippen molar-refractivity contribution in [2.24, 2.45) is 0 Å². The van der Waals surface area contributed by atoms with Gasteiger partial charge in [-0.25, -0.2) is 4.98 Å². The van der Waals surface area contributed by atoms with E-state index in [1.807, 2.05) is 35.7 Å². The van der Waals surface area contributed by atoms with Crippen molar-refractivity contribution in [3.63, 3.8) is 0 Å². The highest BCUT2D eigenvalue weighted by molar-refractivity contribution is 7.13. The average molecular weight is 336 g/mol. The number of Topliss-reactive ketones (excluding diaryl/α,β-unsaturated/α-hetero) is 1. The van der Waals surface area contributed by atoms with Gasteiger partial charge in [0, 0.05) is 23.1 Å². The highest BCUT2D eigenvalue weighted by Crippen LogP contribution is 2.29. The first-order chi connectivity index (χ1) is 11.6. The van der Waals surface area contributed by atoms with E-state index in [1.54, 1.807) is 18.3 Å². The molecule has 0 aliphatic heterocycles. The normalized spacial score (nSPS) is 11.9. The second kappa shape index (κ2) is 7.41. The van der Waals surface area contributed by atoms with Gasteiger partial charge < -0.3 is 5.32 Å².